The third kappa shape index (κ3) is 4.31. The molecule has 0 bridgehead atoms. The van der Waals surface area contributed by atoms with Gasteiger partial charge in [0, 0.05) is 13.5 Å². The van der Waals surface area contributed by atoms with E-state index in [0.717, 1.165) is 6.42 Å². The van der Waals surface area contributed by atoms with E-state index in [1.165, 1.54) is 6.92 Å². The highest BCUT2D eigenvalue weighted by Crippen LogP contribution is 2.05. The van der Waals surface area contributed by atoms with Gasteiger partial charge in [0.15, 0.2) is 0 Å². The van der Waals surface area contributed by atoms with Crippen LogP contribution >= 0.6 is 0 Å². The molecule has 0 aliphatic carbocycles. The summed E-state index contributed by atoms with van der Waals surface area (Å²) in [6.45, 7) is 3.42. The number of carbonyl (C=O) groups excluding carboxylic acids is 1. The van der Waals surface area contributed by atoms with Gasteiger partial charge < -0.3 is 15.6 Å². The van der Waals surface area contributed by atoms with Gasteiger partial charge in [0.2, 0.25) is 0 Å². The molecular formula is C8H17NO3. The second kappa shape index (κ2) is 5.97. The predicted octanol–water partition coefficient (Wildman–Crippen LogP) is 0.0378. The standard InChI is InChI=1S/C8H17NO3/c1-3-4-7(11)8(5-9)12-6(2)10/h7-8,11H,3-5,9H2,1-2H3. The molecule has 0 fully saturated rings. The van der Waals surface area contributed by atoms with Crippen LogP contribution in [0, 0.1) is 0 Å². The van der Waals surface area contributed by atoms with Crippen LogP contribution in [0.3, 0.4) is 0 Å². The van der Waals surface area contributed by atoms with Crippen LogP contribution in [0.1, 0.15) is 26.7 Å². The molecule has 4 heteroatoms. The first-order chi connectivity index (χ1) is 5.61. The molecule has 0 aromatic rings. The first kappa shape index (κ1) is 11.4. The van der Waals surface area contributed by atoms with E-state index < -0.39 is 18.2 Å². The number of ether oxygens (including phenoxy) is 1. The van der Waals surface area contributed by atoms with Crippen LogP contribution in [-0.4, -0.2) is 29.8 Å². The molecule has 3 N–H and O–H groups in total. The van der Waals surface area contributed by atoms with Crippen molar-refractivity contribution in [2.24, 2.45) is 5.73 Å². The molecule has 0 amide bonds. The zero-order valence-electron chi connectivity index (χ0n) is 7.62. The average Bonchev–Trinajstić information content (AvgIpc) is 2.00. The summed E-state index contributed by atoms with van der Waals surface area (Å²) in [4.78, 5) is 10.5. The maximum atomic E-state index is 10.5. The monoisotopic (exact) mass is 175 g/mol. The minimum absolute atomic E-state index is 0.167. The second-order valence-electron chi connectivity index (χ2n) is 2.74. The quantitative estimate of drug-likeness (QED) is 0.578. The van der Waals surface area contributed by atoms with Gasteiger partial charge in [0.1, 0.15) is 6.10 Å². The molecule has 4 nitrogen and oxygen atoms in total. The molecule has 0 saturated carbocycles. The third-order valence-electron chi connectivity index (χ3n) is 1.56. The number of nitrogens with two attached hydrogens (primary N) is 1. The molecule has 0 saturated heterocycles. The molecule has 0 aromatic heterocycles. The lowest BCUT2D eigenvalue weighted by Gasteiger charge is -2.20. The molecule has 12 heavy (non-hydrogen) atoms. The second-order valence-corrected chi connectivity index (χ2v) is 2.74. The summed E-state index contributed by atoms with van der Waals surface area (Å²) in [7, 11) is 0. The summed E-state index contributed by atoms with van der Waals surface area (Å²) in [5.41, 5.74) is 5.32. The lowest BCUT2D eigenvalue weighted by Crippen LogP contribution is -2.37. The van der Waals surface area contributed by atoms with Gasteiger partial charge in [-0.05, 0) is 6.42 Å². The number of hydrogen-bond donors (Lipinski definition) is 2. The van der Waals surface area contributed by atoms with Crippen LogP contribution in [0.2, 0.25) is 0 Å². The van der Waals surface area contributed by atoms with Gasteiger partial charge in [0.05, 0.1) is 6.10 Å². The number of hydrogen-bond acceptors (Lipinski definition) is 4. The zero-order valence-corrected chi connectivity index (χ0v) is 7.62. The number of carbonyl (C=O) groups is 1. The van der Waals surface area contributed by atoms with Gasteiger partial charge in [-0.25, -0.2) is 0 Å². The van der Waals surface area contributed by atoms with Gasteiger partial charge >= 0.3 is 5.97 Å². The van der Waals surface area contributed by atoms with Crippen molar-refractivity contribution >= 4 is 5.97 Å². The van der Waals surface area contributed by atoms with Crippen LogP contribution in [-0.2, 0) is 9.53 Å². The fourth-order valence-corrected chi connectivity index (χ4v) is 0.979. The van der Waals surface area contributed by atoms with E-state index in [1.807, 2.05) is 6.92 Å². The van der Waals surface area contributed by atoms with E-state index in [-0.39, 0.29) is 6.54 Å². The van der Waals surface area contributed by atoms with Crippen LogP contribution in [0.5, 0.6) is 0 Å². The maximum absolute atomic E-state index is 10.5. The smallest absolute Gasteiger partial charge is 0.303 e. The van der Waals surface area contributed by atoms with Gasteiger partial charge in [-0.15, -0.1) is 0 Å². The number of aliphatic hydroxyl groups is 1. The fourth-order valence-electron chi connectivity index (χ4n) is 0.979. The molecule has 2 unspecified atom stereocenters. The average molecular weight is 175 g/mol. The molecule has 0 heterocycles. The third-order valence-corrected chi connectivity index (χ3v) is 1.56. The van der Waals surface area contributed by atoms with Crippen molar-refractivity contribution < 1.29 is 14.6 Å². The van der Waals surface area contributed by atoms with E-state index in [4.69, 9.17) is 10.5 Å². The molecule has 0 rings (SSSR count). The fraction of sp³-hybridized carbons (Fsp3) is 0.875. The summed E-state index contributed by atoms with van der Waals surface area (Å²) >= 11 is 0. The van der Waals surface area contributed by atoms with Crippen LogP contribution in [0.4, 0.5) is 0 Å². The van der Waals surface area contributed by atoms with E-state index in [1.54, 1.807) is 0 Å². The highest BCUT2D eigenvalue weighted by molar-refractivity contribution is 5.66. The Morgan fingerprint density at radius 3 is 2.58 bits per heavy atom. The Kier molecular flexibility index (Phi) is 5.66. The van der Waals surface area contributed by atoms with Crippen LogP contribution in [0.15, 0.2) is 0 Å². The molecule has 2 atom stereocenters. The van der Waals surface area contributed by atoms with Crippen molar-refractivity contribution in [3.8, 4) is 0 Å². The topological polar surface area (TPSA) is 72.6 Å². The van der Waals surface area contributed by atoms with Crippen molar-refractivity contribution in [3.05, 3.63) is 0 Å². The molecule has 72 valence electrons. The number of aliphatic hydroxyl groups excluding tert-OH is 1. The Morgan fingerprint density at radius 2 is 2.25 bits per heavy atom. The normalized spacial score (nSPS) is 15.3. The Hall–Kier alpha value is -0.610. The van der Waals surface area contributed by atoms with Crippen molar-refractivity contribution in [3.63, 3.8) is 0 Å². The van der Waals surface area contributed by atoms with Gasteiger partial charge in [-0.2, -0.15) is 0 Å². The molecule has 0 aliphatic rings. The Morgan fingerprint density at radius 1 is 1.67 bits per heavy atom. The lowest BCUT2D eigenvalue weighted by molar-refractivity contribution is -0.151. The SMILES string of the molecule is CCCC(O)C(CN)OC(C)=O. The Balaban J connectivity index is 3.86. The summed E-state index contributed by atoms with van der Waals surface area (Å²) < 4.78 is 4.80. The summed E-state index contributed by atoms with van der Waals surface area (Å²) in [6.07, 6.45) is 0.264. The van der Waals surface area contributed by atoms with Crippen molar-refractivity contribution in [2.45, 2.75) is 38.9 Å². The van der Waals surface area contributed by atoms with E-state index >= 15 is 0 Å². The largest absolute Gasteiger partial charge is 0.458 e. The minimum Gasteiger partial charge on any atom is -0.458 e. The molecule has 0 aliphatic heterocycles. The van der Waals surface area contributed by atoms with E-state index in [0.29, 0.717) is 6.42 Å². The predicted molar refractivity (Wildman–Crippen MR) is 45.5 cm³/mol. The first-order valence-corrected chi connectivity index (χ1v) is 4.17. The molecular weight excluding hydrogens is 158 g/mol. The van der Waals surface area contributed by atoms with Gasteiger partial charge in [-0.1, -0.05) is 13.3 Å². The molecule has 0 spiro atoms. The van der Waals surface area contributed by atoms with E-state index in [2.05, 4.69) is 0 Å². The lowest BCUT2D eigenvalue weighted by atomic mass is 10.1. The molecule has 0 radical (unpaired) electrons. The van der Waals surface area contributed by atoms with Crippen molar-refractivity contribution in [2.75, 3.05) is 6.54 Å². The zero-order chi connectivity index (χ0) is 9.56. The van der Waals surface area contributed by atoms with Crippen LogP contribution < -0.4 is 5.73 Å². The van der Waals surface area contributed by atoms with Crippen LogP contribution in [0.25, 0.3) is 0 Å². The van der Waals surface area contributed by atoms with Crippen molar-refractivity contribution in [1.82, 2.24) is 0 Å². The minimum atomic E-state index is -0.635. The van der Waals surface area contributed by atoms with E-state index in [9.17, 15) is 9.90 Å². The molecule has 0 aromatic carbocycles. The Labute approximate surface area is 72.7 Å². The number of esters is 1. The summed E-state index contributed by atoms with van der Waals surface area (Å²) in [5, 5.41) is 9.40. The number of rotatable bonds is 5. The summed E-state index contributed by atoms with van der Waals surface area (Å²) in [6, 6.07) is 0. The maximum Gasteiger partial charge on any atom is 0.303 e. The summed E-state index contributed by atoms with van der Waals surface area (Å²) in [5.74, 6) is -0.402. The van der Waals surface area contributed by atoms with Gasteiger partial charge in [-0.3, -0.25) is 4.79 Å². The van der Waals surface area contributed by atoms with Gasteiger partial charge in [0.25, 0.3) is 0 Å². The highest BCUT2D eigenvalue weighted by atomic mass is 16.6. The Bertz CT molecular complexity index is 138. The first-order valence-electron chi connectivity index (χ1n) is 4.17. The highest BCUT2D eigenvalue weighted by Gasteiger charge is 2.19. The van der Waals surface area contributed by atoms with Crippen molar-refractivity contribution in [1.29, 1.82) is 0 Å².